The van der Waals surface area contributed by atoms with Gasteiger partial charge in [-0.15, -0.1) is 0 Å². The zero-order chi connectivity index (χ0) is 12.3. The van der Waals surface area contributed by atoms with E-state index in [1.165, 1.54) is 44.9 Å². The van der Waals surface area contributed by atoms with Crippen LogP contribution in [0.2, 0.25) is 0 Å². The highest BCUT2D eigenvalue weighted by Crippen LogP contribution is 2.39. The first-order valence-electron chi connectivity index (χ1n) is 7.63. The molecular formula is C16H29N. The quantitative estimate of drug-likeness (QED) is 0.728. The molecule has 0 amide bonds. The molecule has 1 saturated carbocycles. The maximum atomic E-state index is 5.91. The lowest BCUT2D eigenvalue weighted by Crippen LogP contribution is -2.25. The molecule has 0 heterocycles. The Labute approximate surface area is 107 Å². The Bertz CT molecular complexity index is 258. The maximum absolute atomic E-state index is 5.91. The van der Waals surface area contributed by atoms with Gasteiger partial charge in [0.25, 0.3) is 0 Å². The van der Waals surface area contributed by atoms with Gasteiger partial charge in [-0.3, -0.25) is 0 Å². The van der Waals surface area contributed by atoms with Gasteiger partial charge in [-0.2, -0.15) is 0 Å². The Morgan fingerprint density at radius 2 is 1.88 bits per heavy atom. The minimum atomic E-state index is 0.328. The predicted octanol–water partition coefficient (Wildman–Crippen LogP) is 4.13. The molecule has 5 atom stereocenters. The van der Waals surface area contributed by atoms with Gasteiger partial charge < -0.3 is 5.73 Å². The molecule has 1 heteroatoms. The molecule has 0 saturated heterocycles. The summed E-state index contributed by atoms with van der Waals surface area (Å²) in [5, 5.41) is 0. The van der Waals surface area contributed by atoms with Crippen LogP contribution < -0.4 is 5.73 Å². The number of hydrogen-bond acceptors (Lipinski definition) is 1. The molecule has 0 spiro atoms. The first-order valence-corrected chi connectivity index (χ1v) is 7.63. The van der Waals surface area contributed by atoms with Gasteiger partial charge in [-0.05, 0) is 49.4 Å². The molecule has 0 aromatic heterocycles. The molecular weight excluding hydrogens is 206 g/mol. The van der Waals surface area contributed by atoms with E-state index in [-0.39, 0.29) is 0 Å². The molecule has 2 rings (SSSR count). The Hall–Kier alpha value is -0.300. The molecule has 0 aromatic carbocycles. The van der Waals surface area contributed by atoms with Crippen LogP contribution in [-0.4, -0.2) is 6.04 Å². The second kappa shape index (κ2) is 6.04. The van der Waals surface area contributed by atoms with Gasteiger partial charge in [-0.25, -0.2) is 0 Å². The van der Waals surface area contributed by atoms with Crippen LogP contribution in [0.3, 0.4) is 0 Å². The molecule has 0 aliphatic heterocycles. The summed E-state index contributed by atoms with van der Waals surface area (Å²) in [6.07, 6.45) is 14.4. The van der Waals surface area contributed by atoms with Crippen LogP contribution in [0.15, 0.2) is 12.2 Å². The second-order valence-electron chi connectivity index (χ2n) is 6.46. The summed E-state index contributed by atoms with van der Waals surface area (Å²) < 4.78 is 0. The monoisotopic (exact) mass is 235 g/mol. The zero-order valence-corrected chi connectivity index (χ0v) is 11.6. The highest BCUT2D eigenvalue weighted by molar-refractivity contribution is 5.01. The number of rotatable bonds is 4. The van der Waals surface area contributed by atoms with Gasteiger partial charge >= 0.3 is 0 Å². The average molecular weight is 235 g/mol. The Morgan fingerprint density at radius 3 is 2.47 bits per heavy atom. The normalized spacial score (nSPS) is 39.5. The van der Waals surface area contributed by atoms with Crippen molar-refractivity contribution in [3.63, 3.8) is 0 Å². The van der Waals surface area contributed by atoms with Crippen molar-refractivity contribution in [2.45, 2.75) is 64.8 Å². The lowest BCUT2D eigenvalue weighted by Gasteiger charge is -2.27. The maximum Gasteiger partial charge on any atom is 0.0223 e. The van der Waals surface area contributed by atoms with E-state index in [0.29, 0.717) is 6.04 Å². The van der Waals surface area contributed by atoms with Crippen molar-refractivity contribution in [3.8, 4) is 0 Å². The van der Waals surface area contributed by atoms with E-state index in [0.717, 1.165) is 23.7 Å². The van der Waals surface area contributed by atoms with Crippen LogP contribution in [0, 0.1) is 23.7 Å². The van der Waals surface area contributed by atoms with E-state index in [4.69, 9.17) is 5.73 Å². The summed E-state index contributed by atoms with van der Waals surface area (Å²) in [5.41, 5.74) is 5.91. The zero-order valence-electron chi connectivity index (χ0n) is 11.6. The smallest absolute Gasteiger partial charge is 0.0223 e. The fraction of sp³-hybridized carbons (Fsp3) is 0.875. The molecule has 0 radical (unpaired) electrons. The van der Waals surface area contributed by atoms with E-state index in [1.54, 1.807) is 0 Å². The largest absolute Gasteiger partial charge is 0.324 e. The van der Waals surface area contributed by atoms with Crippen LogP contribution in [-0.2, 0) is 0 Å². The Morgan fingerprint density at radius 1 is 1.12 bits per heavy atom. The highest BCUT2D eigenvalue weighted by Gasteiger charge is 2.27. The number of hydrogen-bond donors (Lipinski definition) is 1. The highest BCUT2D eigenvalue weighted by atomic mass is 14.6. The Balaban J connectivity index is 1.77. The van der Waals surface area contributed by atoms with Crippen molar-refractivity contribution in [1.29, 1.82) is 0 Å². The second-order valence-corrected chi connectivity index (χ2v) is 6.46. The van der Waals surface area contributed by atoms with Gasteiger partial charge in [0.1, 0.15) is 0 Å². The van der Waals surface area contributed by atoms with Crippen molar-refractivity contribution >= 4 is 0 Å². The van der Waals surface area contributed by atoms with E-state index in [1.807, 2.05) is 0 Å². The van der Waals surface area contributed by atoms with E-state index in [2.05, 4.69) is 26.0 Å². The van der Waals surface area contributed by atoms with Crippen LogP contribution in [0.25, 0.3) is 0 Å². The van der Waals surface area contributed by atoms with Crippen LogP contribution >= 0.6 is 0 Å². The standard InChI is InChI=1S/C16H29N/c1-3-13-4-5-14(11-13)10-12(2)15-6-8-16(17)9-7-15/h6,8,12-16H,3-5,7,9-11,17H2,1-2H3. The average Bonchev–Trinajstić information content (AvgIpc) is 2.77. The number of allylic oxidation sites excluding steroid dienone is 1. The van der Waals surface area contributed by atoms with E-state index < -0.39 is 0 Å². The lowest BCUT2D eigenvalue weighted by molar-refractivity contribution is 0.298. The van der Waals surface area contributed by atoms with Crippen molar-refractivity contribution in [3.05, 3.63) is 12.2 Å². The minimum absolute atomic E-state index is 0.328. The summed E-state index contributed by atoms with van der Waals surface area (Å²) in [7, 11) is 0. The van der Waals surface area contributed by atoms with Crippen molar-refractivity contribution in [2.24, 2.45) is 29.4 Å². The molecule has 2 N–H and O–H groups in total. The third-order valence-electron chi connectivity index (χ3n) is 5.10. The number of nitrogens with two attached hydrogens (primary N) is 1. The summed E-state index contributed by atoms with van der Waals surface area (Å²) in [4.78, 5) is 0. The van der Waals surface area contributed by atoms with Gasteiger partial charge in [0.2, 0.25) is 0 Å². The van der Waals surface area contributed by atoms with E-state index >= 15 is 0 Å². The van der Waals surface area contributed by atoms with Crippen molar-refractivity contribution < 1.29 is 0 Å². The molecule has 2 aliphatic carbocycles. The van der Waals surface area contributed by atoms with Crippen molar-refractivity contribution in [2.75, 3.05) is 0 Å². The molecule has 0 aromatic rings. The van der Waals surface area contributed by atoms with E-state index in [9.17, 15) is 0 Å². The molecule has 1 nitrogen and oxygen atoms in total. The first-order chi connectivity index (χ1) is 8.19. The minimum Gasteiger partial charge on any atom is -0.324 e. The van der Waals surface area contributed by atoms with Crippen molar-refractivity contribution in [1.82, 2.24) is 0 Å². The van der Waals surface area contributed by atoms with Crippen LogP contribution in [0.1, 0.15) is 58.8 Å². The summed E-state index contributed by atoms with van der Waals surface area (Å²) in [5.74, 6) is 3.70. The molecule has 98 valence electrons. The third kappa shape index (κ3) is 3.58. The molecule has 0 bridgehead atoms. The van der Waals surface area contributed by atoms with Crippen LogP contribution in [0.5, 0.6) is 0 Å². The fourth-order valence-electron chi connectivity index (χ4n) is 3.80. The van der Waals surface area contributed by atoms with Gasteiger partial charge in [0.05, 0.1) is 0 Å². The summed E-state index contributed by atoms with van der Waals surface area (Å²) in [6, 6.07) is 0.328. The predicted molar refractivity (Wildman–Crippen MR) is 74.7 cm³/mol. The summed E-state index contributed by atoms with van der Waals surface area (Å²) >= 11 is 0. The SMILES string of the molecule is CCC1CCC(CC(C)C2C=CC(N)CC2)C1. The first kappa shape index (κ1) is 13.1. The molecule has 2 aliphatic rings. The fourth-order valence-corrected chi connectivity index (χ4v) is 3.80. The van der Waals surface area contributed by atoms with Gasteiger partial charge in [0, 0.05) is 6.04 Å². The molecule has 5 unspecified atom stereocenters. The molecule has 1 fully saturated rings. The Kier molecular flexibility index (Phi) is 4.67. The van der Waals surface area contributed by atoms with Crippen LogP contribution in [0.4, 0.5) is 0 Å². The van der Waals surface area contributed by atoms with Gasteiger partial charge in [-0.1, -0.05) is 45.3 Å². The van der Waals surface area contributed by atoms with Gasteiger partial charge in [0.15, 0.2) is 0 Å². The lowest BCUT2D eigenvalue weighted by atomic mass is 9.79. The molecule has 17 heavy (non-hydrogen) atoms. The third-order valence-corrected chi connectivity index (χ3v) is 5.10. The summed E-state index contributed by atoms with van der Waals surface area (Å²) in [6.45, 7) is 4.80. The topological polar surface area (TPSA) is 26.0 Å².